The molecule has 0 atom stereocenters. The average Bonchev–Trinajstić information content (AvgIpc) is 2.38. The van der Waals surface area contributed by atoms with Crippen molar-refractivity contribution in [1.82, 2.24) is 9.97 Å². The molecule has 1 saturated carbocycles. The van der Waals surface area contributed by atoms with Crippen LogP contribution >= 0.6 is 0 Å². The van der Waals surface area contributed by atoms with Gasteiger partial charge in [-0.2, -0.15) is 0 Å². The third-order valence-corrected chi connectivity index (χ3v) is 4.27. The highest BCUT2D eigenvalue weighted by Crippen LogP contribution is 2.47. The summed E-state index contributed by atoms with van der Waals surface area (Å²) in [6.07, 6.45) is 5.51. The molecule has 3 heteroatoms. The maximum atomic E-state index is 5.99. The van der Waals surface area contributed by atoms with Gasteiger partial charge in [0.15, 0.2) is 0 Å². The van der Waals surface area contributed by atoms with Crippen LogP contribution in [-0.2, 0) is 11.8 Å². The van der Waals surface area contributed by atoms with E-state index in [0.717, 1.165) is 37.2 Å². The van der Waals surface area contributed by atoms with Gasteiger partial charge in [-0.05, 0) is 24.8 Å². The van der Waals surface area contributed by atoms with Crippen LogP contribution in [0.4, 0.5) is 5.82 Å². The van der Waals surface area contributed by atoms with E-state index in [1.54, 1.807) is 0 Å². The van der Waals surface area contributed by atoms with E-state index in [4.69, 9.17) is 10.7 Å². The molecule has 0 spiro atoms. The molecule has 2 aromatic rings. The third kappa shape index (κ3) is 2.17. The molecule has 2 N–H and O–H groups in total. The zero-order chi connectivity index (χ0) is 14.0. The van der Waals surface area contributed by atoms with Gasteiger partial charge >= 0.3 is 0 Å². The van der Waals surface area contributed by atoms with Crippen LogP contribution in [0.15, 0.2) is 36.4 Å². The first kappa shape index (κ1) is 13.1. The van der Waals surface area contributed by atoms with Gasteiger partial charge in [-0.3, -0.25) is 0 Å². The Balaban J connectivity index is 2.06. The van der Waals surface area contributed by atoms with Crippen LogP contribution in [-0.4, -0.2) is 9.97 Å². The number of nitrogens with two attached hydrogens (primary N) is 1. The zero-order valence-electron chi connectivity index (χ0n) is 12.0. The van der Waals surface area contributed by atoms with Gasteiger partial charge in [0.25, 0.3) is 0 Å². The summed E-state index contributed by atoms with van der Waals surface area (Å²) in [7, 11) is 0. The topological polar surface area (TPSA) is 51.8 Å². The Morgan fingerprint density at radius 3 is 2.50 bits per heavy atom. The first-order valence-electron chi connectivity index (χ1n) is 7.44. The zero-order valence-corrected chi connectivity index (χ0v) is 12.0. The van der Waals surface area contributed by atoms with E-state index >= 15 is 0 Å². The number of nitrogen functional groups attached to an aromatic ring is 1. The van der Waals surface area contributed by atoms with Crippen LogP contribution in [0.5, 0.6) is 0 Å². The molecule has 0 aliphatic heterocycles. The van der Waals surface area contributed by atoms with Gasteiger partial charge in [-0.1, -0.05) is 50.1 Å². The van der Waals surface area contributed by atoms with Gasteiger partial charge in [-0.25, -0.2) is 9.97 Å². The normalized spacial score (nSPS) is 16.6. The molecule has 1 fully saturated rings. The SMILES string of the molecule is CCCc1cc(N)nc(C2(c3ccccc3)CCC2)n1. The minimum absolute atomic E-state index is 0.0148. The van der Waals surface area contributed by atoms with E-state index in [-0.39, 0.29) is 5.41 Å². The second-order valence-corrected chi connectivity index (χ2v) is 5.66. The molecule has 104 valence electrons. The largest absolute Gasteiger partial charge is 0.384 e. The number of aryl methyl sites for hydroxylation is 1. The number of nitrogens with zero attached hydrogens (tertiary/aromatic N) is 2. The quantitative estimate of drug-likeness (QED) is 0.922. The molecule has 1 aliphatic carbocycles. The van der Waals surface area contributed by atoms with Crippen molar-refractivity contribution in [3.63, 3.8) is 0 Å². The van der Waals surface area contributed by atoms with Crippen molar-refractivity contribution in [2.24, 2.45) is 0 Å². The summed E-state index contributed by atoms with van der Waals surface area (Å²) in [5.41, 5.74) is 8.36. The number of hydrogen-bond acceptors (Lipinski definition) is 3. The Bertz CT molecular complexity index is 588. The van der Waals surface area contributed by atoms with Crippen LogP contribution in [0.1, 0.15) is 49.7 Å². The molecule has 1 aromatic carbocycles. The Kier molecular flexibility index (Phi) is 3.43. The molecule has 1 heterocycles. The average molecular weight is 267 g/mol. The molecule has 1 aliphatic rings. The minimum atomic E-state index is -0.0148. The summed E-state index contributed by atoms with van der Waals surface area (Å²) < 4.78 is 0. The third-order valence-electron chi connectivity index (χ3n) is 4.27. The standard InChI is InChI=1S/C17H21N3/c1-2-7-14-12-15(18)20-16(19-14)17(10-6-11-17)13-8-4-3-5-9-13/h3-5,8-9,12H,2,6-7,10-11H2,1H3,(H2,18,19,20). The van der Waals surface area contributed by atoms with Gasteiger partial charge in [-0.15, -0.1) is 0 Å². The van der Waals surface area contributed by atoms with E-state index in [1.165, 1.54) is 12.0 Å². The van der Waals surface area contributed by atoms with E-state index in [9.17, 15) is 0 Å². The highest BCUT2D eigenvalue weighted by Gasteiger charge is 2.43. The first-order valence-corrected chi connectivity index (χ1v) is 7.44. The van der Waals surface area contributed by atoms with E-state index < -0.39 is 0 Å². The van der Waals surface area contributed by atoms with Gasteiger partial charge in [0.2, 0.25) is 0 Å². The smallest absolute Gasteiger partial charge is 0.141 e. The second kappa shape index (κ2) is 5.23. The highest BCUT2D eigenvalue weighted by molar-refractivity contribution is 5.39. The predicted molar refractivity (Wildman–Crippen MR) is 81.5 cm³/mol. The van der Waals surface area contributed by atoms with Gasteiger partial charge in [0.05, 0.1) is 5.41 Å². The van der Waals surface area contributed by atoms with Gasteiger partial charge in [0, 0.05) is 11.8 Å². The number of aromatic nitrogens is 2. The van der Waals surface area contributed by atoms with Crippen LogP contribution in [0.3, 0.4) is 0 Å². The van der Waals surface area contributed by atoms with Crippen molar-refractivity contribution in [3.05, 3.63) is 53.5 Å². The molecule has 0 amide bonds. The maximum absolute atomic E-state index is 5.99. The van der Waals surface area contributed by atoms with Crippen molar-refractivity contribution in [3.8, 4) is 0 Å². The minimum Gasteiger partial charge on any atom is -0.384 e. The Morgan fingerprint density at radius 2 is 1.90 bits per heavy atom. The lowest BCUT2D eigenvalue weighted by molar-refractivity contribution is 0.284. The number of hydrogen-bond donors (Lipinski definition) is 1. The number of anilines is 1. The number of rotatable bonds is 4. The summed E-state index contributed by atoms with van der Waals surface area (Å²) in [5.74, 6) is 1.51. The summed E-state index contributed by atoms with van der Waals surface area (Å²) >= 11 is 0. The Morgan fingerprint density at radius 1 is 1.15 bits per heavy atom. The molecular formula is C17H21N3. The van der Waals surface area contributed by atoms with E-state index in [1.807, 2.05) is 6.07 Å². The molecule has 0 bridgehead atoms. The lowest BCUT2D eigenvalue weighted by Gasteiger charge is -2.41. The molecule has 3 rings (SSSR count). The fourth-order valence-electron chi connectivity index (χ4n) is 3.05. The molecular weight excluding hydrogens is 246 g/mol. The molecule has 3 nitrogen and oxygen atoms in total. The fourth-order valence-corrected chi connectivity index (χ4v) is 3.05. The predicted octanol–water partition coefficient (Wildman–Crippen LogP) is 3.48. The molecule has 1 aromatic heterocycles. The van der Waals surface area contributed by atoms with Crippen LogP contribution in [0.2, 0.25) is 0 Å². The Hall–Kier alpha value is -1.90. The first-order chi connectivity index (χ1) is 9.74. The van der Waals surface area contributed by atoms with Crippen LogP contribution in [0.25, 0.3) is 0 Å². The molecule has 0 unspecified atom stereocenters. The monoisotopic (exact) mass is 267 g/mol. The lowest BCUT2D eigenvalue weighted by atomic mass is 9.64. The van der Waals surface area contributed by atoms with Crippen molar-refractivity contribution >= 4 is 5.82 Å². The van der Waals surface area contributed by atoms with E-state index in [2.05, 4.69) is 42.2 Å². The van der Waals surface area contributed by atoms with Gasteiger partial charge < -0.3 is 5.73 Å². The summed E-state index contributed by atoms with van der Waals surface area (Å²) in [4.78, 5) is 9.36. The highest BCUT2D eigenvalue weighted by atomic mass is 15.0. The van der Waals surface area contributed by atoms with Crippen molar-refractivity contribution < 1.29 is 0 Å². The fraction of sp³-hybridized carbons (Fsp3) is 0.412. The van der Waals surface area contributed by atoms with Crippen molar-refractivity contribution in [1.29, 1.82) is 0 Å². The van der Waals surface area contributed by atoms with Gasteiger partial charge in [0.1, 0.15) is 11.6 Å². The Labute approximate surface area is 120 Å². The van der Waals surface area contributed by atoms with Crippen LogP contribution in [0, 0.1) is 0 Å². The molecule has 0 saturated heterocycles. The maximum Gasteiger partial charge on any atom is 0.141 e. The lowest BCUT2D eigenvalue weighted by Crippen LogP contribution is -2.37. The van der Waals surface area contributed by atoms with Crippen molar-refractivity contribution in [2.45, 2.75) is 44.4 Å². The van der Waals surface area contributed by atoms with Crippen molar-refractivity contribution in [2.75, 3.05) is 5.73 Å². The summed E-state index contributed by atoms with van der Waals surface area (Å²) in [6.45, 7) is 2.16. The van der Waals surface area contributed by atoms with E-state index in [0.29, 0.717) is 5.82 Å². The molecule has 0 radical (unpaired) electrons. The molecule has 20 heavy (non-hydrogen) atoms. The number of benzene rings is 1. The summed E-state index contributed by atoms with van der Waals surface area (Å²) in [5, 5.41) is 0. The van der Waals surface area contributed by atoms with Crippen LogP contribution < -0.4 is 5.73 Å². The second-order valence-electron chi connectivity index (χ2n) is 5.66. The summed E-state index contributed by atoms with van der Waals surface area (Å²) in [6, 6.07) is 12.5.